The van der Waals surface area contributed by atoms with Crippen LogP contribution in [0.4, 0.5) is 0 Å². The van der Waals surface area contributed by atoms with Gasteiger partial charge in [0, 0.05) is 0 Å². The first-order chi connectivity index (χ1) is 9.75. The predicted octanol–water partition coefficient (Wildman–Crippen LogP) is 5.87. The lowest BCUT2D eigenvalue weighted by Crippen LogP contribution is -2.53. The Morgan fingerprint density at radius 2 is 1.82 bits per heavy atom. The van der Waals surface area contributed by atoms with Gasteiger partial charge < -0.3 is 4.74 Å². The average Bonchev–Trinajstić information content (AvgIpc) is 2.45. The van der Waals surface area contributed by atoms with Crippen molar-refractivity contribution in [1.29, 1.82) is 0 Å². The molecule has 2 aliphatic rings. The molecule has 0 heterocycles. The summed E-state index contributed by atoms with van der Waals surface area (Å²) in [5.74, 6) is 1.18. The zero-order valence-corrected chi connectivity index (χ0v) is 15.2. The van der Waals surface area contributed by atoms with Gasteiger partial charge in [-0.1, -0.05) is 60.6 Å². The molecule has 1 fully saturated rings. The monoisotopic (exact) mass is 310 g/mol. The third-order valence-corrected chi connectivity index (χ3v) is 6.31. The van der Waals surface area contributed by atoms with E-state index in [9.17, 15) is 4.79 Å². The van der Waals surface area contributed by atoms with Gasteiger partial charge in [0.2, 0.25) is 0 Å². The standard InChI is InChI=1S/C17H28O2.C2H6.CH4/c1-11-7-8-13-16(3,4)12(2)9-10-17(13,5)14(11)15(18)19-6;1-2;/h7,12-14H,8-10H2,1-6H3;1-2H3;1H4. The maximum Gasteiger partial charge on any atom is 0.313 e. The van der Waals surface area contributed by atoms with Crippen molar-refractivity contribution in [3.8, 4) is 0 Å². The van der Waals surface area contributed by atoms with Crippen LogP contribution in [0.2, 0.25) is 0 Å². The minimum atomic E-state index is -0.0528. The predicted molar refractivity (Wildman–Crippen MR) is 95.7 cm³/mol. The molecule has 0 aromatic heterocycles. The van der Waals surface area contributed by atoms with Crippen molar-refractivity contribution in [3.05, 3.63) is 11.6 Å². The minimum absolute atomic E-state index is 0. The molecule has 0 N–H and O–H groups in total. The smallest absolute Gasteiger partial charge is 0.313 e. The Morgan fingerprint density at radius 3 is 2.32 bits per heavy atom. The van der Waals surface area contributed by atoms with Gasteiger partial charge in [0.15, 0.2) is 0 Å². The maximum atomic E-state index is 12.3. The van der Waals surface area contributed by atoms with Gasteiger partial charge in [-0.15, -0.1) is 0 Å². The van der Waals surface area contributed by atoms with Gasteiger partial charge in [-0.2, -0.15) is 0 Å². The normalized spacial score (nSPS) is 35.8. The molecule has 4 atom stereocenters. The van der Waals surface area contributed by atoms with Crippen LogP contribution in [0.25, 0.3) is 0 Å². The van der Waals surface area contributed by atoms with Crippen molar-refractivity contribution in [3.63, 3.8) is 0 Å². The maximum absolute atomic E-state index is 12.3. The summed E-state index contributed by atoms with van der Waals surface area (Å²) in [7, 11) is 1.51. The quantitative estimate of drug-likeness (QED) is 0.447. The first-order valence-electron chi connectivity index (χ1n) is 8.49. The van der Waals surface area contributed by atoms with Gasteiger partial charge in [-0.25, -0.2) is 0 Å². The molecule has 130 valence electrons. The number of hydrogen-bond acceptors (Lipinski definition) is 2. The molecular weight excluding hydrogens is 272 g/mol. The Labute approximate surface area is 138 Å². The number of esters is 1. The molecule has 1 saturated carbocycles. The van der Waals surface area contributed by atoms with Crippen LogP contribution >= 0.6 is 0 Å². The number of carbonyl (C=O) groups is 1. The summed E-state index contributed by atoms with van der Waals surface area (Å²) in [4.78, 5) is 12.3. The van der Waals surface area contributed by atoms with Gasteiger partial charge in [-0.05, 0) is 48.9 Å². The van der Waals surface area contributed by atoms with E-state index in [1.54, 1.807) is 0 Å². The fourth-order valence-corrected chi connectivity index (χ4v) is 4.70. The lowest BCUT2D eigenvalue weighted by atomic mass is 9.46. The molecule has 2 aliphatic carbocycles. The second-order valence-corrected chi connectivity index (χ2v) is 7.46. The summed E-state index contributed by atoms with van der Waals surface area (Å²) >= 11 is 0. The SMILES string of the molecule is C.CC.COC(=O)C1C(C)=CCC2C(C)(C)C(C)CCC12C. The second-order valence-electron chi connectivity index (χ2n) is 7.46. The molecule has 4 unspecified atom stereocenters. The molecule has 0 saturated heterocycles. The molecular formula is C20H38O2. The highest BCUT2D eigenvalue weighted by Crippen LogP contribution is 2.61. The van der Waals surface area contributed by atoms with E-state index in [0.717, 1.165) is 18.8 Å². The molecule has 0 amide bonds. The number of hydrogen-bond donors (Lipinski definition) is 0. The topological polar surface area (TPSA) is 26.3 Å². The van der Waals surface area contributed by atoms with Crippen molar-refractivity contribution in [2.75, 3.05) is 7.11 Å². The first-order valence-corrected chi connectivity index (χ1v) is 8.49. The lowest BCUT2D eigenvalue weighted by molar-refractivity contribution is -0.156. The van der Waals surface area contributed by atoms with Crippen LogP contribution in [0, 0.1) is 28.6 Å². The van der Waals surface area contributed by atoms with Crippen LogP contribution in [0.1, 0.15) is 75.2 Å². The summed E-state index contributed by atoms with van der Waals surface area (Å²) in [6.07, 6.45) is 5.72. The summed E-state index contributed by atoms with van der Waals surface area (Å²) in [5, 5.41) is 0. The molecule has 2 rings (SSSR count). The molecule has 0 aromatic rings. The molecule has 0 aromatic carbocycles. The highest BCUT2D eigenvalue weighted by atomic mass is 16.5. The Balaban J connectivity index is 0.00000141. The van der Waals surface area contributed by atoms with Crippen LogP contribution in [0.15, 0.2) is 11.6 Å². The molecule has 2 heteroatoms. The Hall–Kier alpha value is -0.790. The van der Waals surface area contributed by atoms with Crippen LogP contribution in [-0.4, -0.2) is 13.1 Å². The van der Waals surface area contributed by atoms with E-state index in [0.29, 0.717) is 5.92 Å². The molecule has 0 aliphatic heterocycles. The average molecular weight is 311 g/mol. The highest BCUT2D eigenvalue weighted by Gasteiger charge is 2.56. The van der Waals surface area contributed by atoms with E-state index < -0.39 is 0 Å². The summed E-state index contributed by atoms with van der Waals surface area (Å²) in [6.45, 7) is 15.5. The Morgan fingerprint density at radius 1 is 1.27 bits per heavy atom. The number of rotatable bonds is 1. The van der Waals surface area contributed by atoms with Crippen molar-refractivity contribution in [2.24, 2.45) is 28.6 Å². The van der Waals surface area contributed by atoms with Gasteiger partial charge in [-0.3, -0.25) is 4.79 Å². The number of methoxy groups -OCH3 is 1. The van der Waals surface area contributed by atoms with E-state index in [-0.39, 0.29) is 30.1 Å². The molecule has 0 bridgehead atoms. The van der Waals surface area contributed by atoms with E-state index in [1.165, 1.54) is 19.1 Å². The van der Waals surface area contributed by atoms with Crippen LogP contribution < -0.4 is 0 Å². The van der Waals surface area contributed by atoms with E-state index >= 15 is 0 Å². The number of fused-ring (bicyclic) bond motifs is 1. The van der Waals surface area contributed by atoms with Gasteiger partial charge >= 0.3 is 5.97 Å². The number of carbonyl (C=O) groups excluding carboxylic acids is 1. The molecule has 22 heavy (non-hydrogen) atoms. The first kappa shape index (κ1) is 21.2. The zero-order chi connectivity index (χ0) is 16.4. The third kappa shape index (κ3) is 3.26. The minimum Gasteiger partial charge on any atom is -0.469 e. The zero-order valence-electron chi connectivity index (χ0n) is 15.2. The fraction of sp³-hybridized carbons (Fsp3) is 0.850. The van der Waals surface area contributed by atoms with Crippen LogP contribution in [0.5, 0.6) is 0 Å². The van der Waals surface area contributed by atoms with E-state index in [2.05, 4.69) is 40.7 Å². The van der Waals surface area contributed by atoms with Crippen molar-refractivity contribution in [1.82, 2.24) is 0 Å². The highest BCUT2D eigenvalue weighted by molar-refractivity contribution is 5.77. The second kappa shape index (κ2) is 7.66. The van der Waals surface area contributed by atoms with Gasteiger partial charge in [0.05, 0.1) is 13.0 Å². The summed E-state index contributed by atoms with van der Waals surface area (Å²) < 4.78 is 5.09. The van der Waals surface area contributed by atoms with Crippen LogP contribution in [0.3, 0.4) is 0 Å². The van der Waals surface area contributed by atoms with E-state index in [1.807, 2.05) is 13.8 Å². The van der Waals surface area contributed by atoms with Crippen LogP contribution in [-0.2, 0) is 9.53 Å². The summed E-state index contributed by atoms with van der Waals surface area (Å²) in [5.41, 5.74) is 1.55. The van der Waals surface area contributed by atoms with Crippen molar-refractivity contribution in [2.45, 2.75) is 75.2 Å². The van der Waals surface area contributed by atoms with E-state index in [4.69, 9.17) is 4.74 Å². The van der Waals surface area contributed by atoms with Crippen molar-refractivity contribution >= 4 is 5.97 Å². The molecule has 0 spiro atoms. The summed E-state index contributed by atoms with van der Waals surface area (Å²) in [6, 6.07) is 0. The Bertz CT molecular complexity index is 408. The van der Waals surface area contributed by atoms with Gasteiger partial charge in [0.1, 0.15) is 0 Å². The number of ether oxygens (including phenoxy) is 1. The number of allylic oxidation sites excluding steroid dienone is 1. The third-order valence-electron chi connectivity index (χ3n) is 6.31. The molecule has 0 radical (unpaired) electrons. The molecule has 2 nitrogen and oxygen atoms in total. The Kier molecular flexibility index (Phi) is 7.38. The lowest BCUT2D eigenvalue weighted by Gasteiger charge is -2.58. The van der Waals surface area contributed by atoms with Crippen molar-refractivity contribution < 1.29 is 9.53 Å². The fourth-order valence-electron chi connectivity index (χ4n) is 4.70. The largest absolute Gasteiger partial charge is 0.469 e. The van der Waals surface area contributed by atoms with Gasteiger partial charge in [0.25, 0.3) is 0 Å².